The first-order valence-electron chi connectivity index (χ1n) is 5.68. The number of hydrogen-bond donors (Lipinski definition) is 1. The maximum atomic E-state index is 13.5. The Kier molecular flexibility index (Phi) is 3.59. The second-order valence-corrected chi connectivity index (χ2v) is 4.83. The van der Waals surface area contributed by atoms with E-state index < -0.39 is 11.0 Å². The van der Waals surface area contributed by atoms with E-state index >= 15 is 0 Å². The summed E-state index contributed by atoms with van der Waals surface area (Å²) in [6.07, 6.45) is 0.492. The van der Waals surface area contributed by atoms with Crippen molar-refractivity contribution >= 4 is 0 Å². The minimum absolute atomic E-state index is 0.362. The Morgan fingerprint density at radius 2 is 2.00 bits per heavy atom. The van der Waals surface area contributed by atoms with Crippen LogP contribution in [0.5, 0.6) is 0 Å². The average molecular weight is 235 g/mol. The fourth-order valence-corrected chi connectivity index (χ4v) is 1.75. The molecular formula is C14H18FNO. The molecule has 0 heterocycles. The first-order valence-corrected chi connectivity index (χ1v) is 5.68. The van der Waals surface area contributed by atoms with Gasteiger partial charge in [0.05, 0.1) is 11.5 Å². The third-order valence-corrected chi connectivity index (χ3v) is 3.76. The molecule has 0 amide bonds. The maximum absolute atomic E-state index is 13.5. The monoisotopic (exact) mass is 235 g/mol. The SMILES string of the molecule is CCC(C)(C#N)C(C)(O)c1ccc(C)c(F)c1. The molecule has 1 aromatic carbocycles. The van der Waals surface area contributed by atoms with Gasteiger partial charge >= 0.3 is 0 Å². The summed E-state index contributed by atoms with van der Waals surface area (Å²) in [4.78, 5) is 0. The lowest BCUT2D eigenvalue weighted by Gasteiger charge is -2.37. The van der Waals surface area contributed by atoms with Crippen LogP contribution in [0.3, 0.4) is 0 Å². The number of nitrogens with zero attached hydrogens (tertiary/aromatic N) is 1. The van der Waals surface area contributed by atoms with Crippen molar-refractivity contribution in [2.75, 3.05) is 0 Å². The molecule has 1 N–H and O–H groups in total. The van der Waals surface area contributed by atoms with E-state index in [0.717, 1.165) is 0 Å². The lowest BCUT2D eigenvalue weighted by molar-refractivity contribution is -0.0382. The number of benzene rings is 1. The molecule has 92 valence electrons. The summed E-state index contributed by atoms with van der Waals surface area (Å²) in [6, 6.07) is 6.72. The van der Waals surface area contributed by atoms with Gasteiger partial charge in [-0.3, -0.25) is 0 Å². The van der Waals surface area contributed by atoms with Crippen molar-refractivity contribution in [2.24, 2.45) is 5.41 Å². The van der Waals surface area contributed by atoms with Gasteiger partial charge in [-0.1, -0.05) is 19.1 Å². The molecular weight excluding hydrogens is 217 g/mol. The highest BCUT2D eigenvalue weighted by atomic mass is 19.1. The van der Waals surface area contributed by atoms with Crippen molar-refractivity contribution in [1.82, 2.24) is 0 Å². The Bertz CT molecular complexity index is 462. The molecule has 1 aromatic rings. The van der Waals surface area contributed by atoms with Crippen LogP contribution in [0.15, 0.2) is 18.2 Å². The van der Waals surface area contributed by atoms with Crippen LogP contribution in [0.2, 0.25) is 0 Å². The Morgan fingerprint density at radius 1 is 1.41 bits per heavy atom. The third kappa shape index (κ3) is 2.18. The van der Waals surface area contributed by atoms with Crippen LogP contribution in [0.25, 0.3) is 0 Å². The highest BCUT2D eigenvalue weighted by molar-refractivity contribution is 5.31. The standard InChI is InChI=1S/C14H18FNO/c1-5-13(3,9-16)14(4,17)11-7-6-10(2)12(15)8-11/h6-8,17H,5H2,1-4H3. The van der Waals surface area contributed by atoms with Gasteiger partial charge in [0.25, 0.3) is 0 Å². The minimum atomic E-state index is -1.37. The van der Waals surface area contributed by atoms with Gasteiger partial charge in [-0.05, 0) is 44.4 Å². The highest BCUT2D eigenvalue weighted by Gasteiger charge is 2.43. The second kappa shape index (κ2) is 4.46. The zero-order valence-corrected chi connectivity index (χ0v) is 10.7. The van der Waals surface area contributed by atoms with Crippen LogP contribution < -0.4 is 0 Å². The summed E-state index contributed by atoms with van der Waals surface area (Å²) < 4.78 is 13.5. The van der Waals surface area contributed by atoms with Crippen molar-refractivity contribution in [1.29, 1.82) is 5.26 Å². The second-order valence-electron chi connectivity index (χ2n) is 4.83. The lowest BCUT2D eigenvalue weighted by Crippen LogP contribution is -2.40. The summed E-state index contributed by atoms with van der Waals surface area (Å²) in [7, 11) is 0. The van der Waals surface area contributed by atoms with Crippen LogP contribution in [-0.4, -0.2) is 5.11 Å². The quantitative estimate of drug-likeness (QED) is 0.873. The zero-order valence-electron chi connectivity index (χ0n) is 10.7. The van der Waals surface area contributed by atoms with Gasteiger partial charge in [0, 0.05) is 0 Å². The lowest BCUT2D eigenvalue weighted by atomic mass is 9.70. The molecule has 0 aliphatic rings. The van der Waals surface area contributed by atoms with E-state index in [2.05, 4.69) is 6.07 Å². The van der Waals surface area contributed by atoms with Crippen LogP contribution >= 0.6 is 0 Å². The average Bonchev–Trinajstić information content (AvgIpc) is 2.31. The molecule has 2 nitrogen and oxygen atoms in total. The van der Waals surface area contributed by atoms with Gasteiger partial charge < -0.3 is 5.11 Å². The summed E-state index contributed by atoms with van der Waals surface area (Å²) in [5.41, 5.74) is -1.34. The summed E-state index contributed by atoms with van der Waals surface area (Å²) in [5.74, 6) is -0.362. The van der Waals surface area contributed by atoms with E-state index in [0.29, 0.717) is 17.5 Å². The first kappa shape index (κ1) is 13.7. The maximum Gasteiger partial charge on any atom is 0.126 e. The van der Waals surface area contributed by atoms with Crippen molar-refractivity contribution in [3.05, 3.63) is 35.1 Å². The van der Waals surface area contributed by atoms with Gasteiger partial charge in [0.1, 0.15) is 11.4 Å². The molecule has 1 rings (SSSR count). The van der Waals surface area contributed by atoms with Gasteiger partial charge in [-0.2, -0.15) is 5.26 Å². The molecule has 2 unspecified atom stereocenters. The molecule has 2 atom stereocenters. The van der Waals surface area contributed by atoms with Crippen LogP contribution in [0.1, 0.15) is 38.3 Å². The number of aliphatic hydroxyl groups is 1. The molecule has 0 spiro atoms. The fourth-order valence-electron chi connectivity index (χ4n) is 1.75. The van der Waals surface area contributed by atoms with E-state index in [4.69, 9.17) is 0 Å². The first-order chi connectivity index (χ1) is 7.78. The zero-order chi connectivity index (χ0) is 13.3. The van der Waals surface area contributed by atoms with Crippen molar-refractivity contribution in [3.63, 3.8) is 0 Å². The van der Waals surface area contributed by atoms with Crippen LogP contribution in [0.4, 0.5) is 4.39 Å². The van der Waals surface area contributed by atoms with Gasteiger partial charge in [-0.25, -0.2) is 4.39 Å². The van der Waals surface area contributed by atoms with E-state index in [1.54, 1.807) is 32.9 Å². The normalized spacial score (nSPS) is 17.9. The predicted molar refractivity (Wildman–Crippen MR) is 64.7 cm³/mol. The number of nitriles is 1. The highest BCUT2D eigenvalue weighted by Crippen LogP contribution is 2.41. The Labute approximate surface area is 102 Å². The molecule has 0 saturated carbocycles. The van der Waals surface area contributed by atoms with Crippen LogP contribution in [0, 0.1) is 29.5 Å². The van der Waals surface area contributed by atoms with E-state index in [1.807, 2.05) is 6.92 Å². The summed E-state index contributed by atoms with van der Waals surface area (Å²) in [6.45, 7) is 6.74. The smallest absolute Gasteiger partial charge is 0.126 e. The fraction of sp³-hybridized carbons (Fsp3) is 0.500. The Morgan fingerprint density at radius 3 is 2.41 bits per heavy atom. The Balaban J connectivity index is 3.31. The molecule has 0 saturated heterocycles. The minimum Gasteiger partial charge on any atom is -0.384 e. The molecule has 0 bridgehead atoms. The topological polar surface area (TPSA) is 44.0 Å². The molecule has 0 aromatic heterocycles. The Hall–Kier alpha value is -1.40. The van der Waals surface area contributed by atoms with Crippen LogP contribution in [-0.2, 0) is 5.60 Å². The summed E-state index contributed by atoms with van der Waals surface area (Å²) in [5, 5.41) is 19.7. The van der Waals surface area contributed by atoms with Crippen molar-refractivity contribution in [2.45, 2.75) is 39.7 Å². The van der Waals surface area contributed by atoms with E-state index in [1.165, 1.54) is 6.07 Å². The predicted octanol–water partition coefficient (Wildman–Crippen LogP) is 3.28. The molecule has 0 fully saturated rings. The van der Waals surface area contributed by atoms with E-state index in [9.17, 15) is 14.8 Å². The van der Waals surface area contributed by atoms with Gasteiger partial charge in [0.2, 0.25) is 0 Å². The molecule has 3 heteroatoms. The number of halogens is 1. The number of aryl methyl sites for hydroxylation is 1. The third-order valence-electron chi connectivity index (χ3n) is 3.76. The molecule has 0 aliphatic heterocycles. The van der Waals surface area contributed by atoms with Crippen molar-refractivity contribution in [3.8, 4) is 6.07 Å². The molecule has 0 radical (unpaired) electrons. The van der Waals surface area contributed by atoms with Gasteiger partial charge in [0.15, 0.2) is 0 Å². The number of rotatable bonds is 3. The number of hydrogen-bond acceptors (Lipinski definition) is 2. The van der Waals surface area contributed by atoms with Crippen molar-refractivity contribution < 1.29 is 9.50 Å². The van der Waals surface area contributed by atoms with E-state index in [-0.39, 0.29) is 5.82 Å². The largest absolute Gasteiger partial charge is 0.384 e. The van der Waals surface area contributed by atoms with Gasteiger partial charge in [-0.15, -0.1) is 0 Å². The molecule has 0 aliphatic carbocycles. The molecule has 17 heavy (non-hydrogen) atoms. The summed E-state index contributed by atoms with van der Waals surface area (Å²) >= 11 is 0.